The van der Waals surface area contributed by atoms with Crippen LogP contribution in [0.2, 0.25) is 0 Å². The lowest BCUT2D eigenvalue weighted by molar-refractivity contribution is 0.659. The summed E-state index contributed by atoms with van der Waals surface area (Å²) >= 11 is 0. The van der Waals surface area contributed by atoms with Crippen LogP contribution in [0.3, 0.4) is 0 Å². The monoisotopic (exact) mass is 215 g/mol. The van der Waals surface area contributed by atoms with E-state index in [0.717, 1.165) is 0 Å². The van der Waals surface area contributed by atoms with E-state index in [1.54, 1.807) is 6.20 Å². The molecule has 0 N–H and O–H groups in total. The lowest BCUT2D eigenvalue weighted by Gasteiger charge is -2.03. The Bertz CT molecular complexity index is 345. The van der Waals surface area contributed by atoms with E-state index in [1.807, 2.05) is 12.3 Å². The second-order valence-electron chi connectivity index (χ2n) is 4.48. The Hall–Kier alpha value is -1.37. The van der Waals surface area contributed by atoms with Crippen molar-refractivity contribution in [2.24, 2.45) is 5.92 Å². The molecule has 1 aromatic rings. The van der Waals surface area contributed by atoms with Gasteiger partial charge in [0, 0.05) is 12.4 Å². The van der Waals surface area contributed by atoms with Crippen LogP contribution in [0, 0.1) is 5.92 Å². The first-order chi connectivity index (χ1) is 7.68. The minimum atomic E-state index is 0.621. The fourth-order valence-electron chi connectivity index (χ4n) is 1.48. The van der Waals surface area contributed by atoms with Crippen molar-refractivity contribution >= 4 is 6.08 Å². The zero-order valence-electron chi connectivity index (χ0n) is 10.5. The molecule has 1 aromatic heterocycles. The van der Waals surface area contributed by atoms with Crippen molar-refractivity contribution < 1.29 is 0 Å². The molecule has 1 nitrogen and oxygen atoms in total. The molecule has 86 valence electrons. The van der Waals surface area contributed by atoms with Crippen molar-refractivity contribution in [3.05, 3.63) is 47.8 Å². The predicted molar refractivity (Wildman–Crippen MR) is 71.1 cm³/mol. The standard InChI is InChI=1S/C15H21N/c1-13(2)6-4-7-14(3)9-10-15-8-5-11-16-12-15/h5-6,8-12,14H,4,7H2,1-3H3. The van der Waals surface area contributed by atoms with Crippen LogP contribution in [0.15, 0.2) is 42.3 Å². The van der Waals surface area contributed by atoms with Crippen molar-refractivity contribution in [3.8, 4) is 0 Å². The molecular formula is C15H21N. The van der Waals surface area contributed by atoms with Gasteiger partial charge < -0.3 is 0 Å². The van der Waals surface area contributed by atoms with Crippen molar-refractivity contribution in [1.82, 2.24) is 4.98 Å². The van der Waals surface area contributed by atoms with Crippen LogP contribution >= 0.6 is 0 Å². The minimum Gasteiger partial charge on any atom is -0.264 e. The van der Waals surface area contributed by atoms with Crippen LogP contribution in [0.5, 0.6) is 0 Å². The van der Waals surface area contributed by atoms with Gasteiger partial charge in [-0.05, 0) is 44.2 Å². The summed E-state index contributed by atoms with van der Waals surface area (Å²) in [5.41, 5.74) is 2.58. The lowest BCUT2D eigenvalue weighted by Crippen LogP contribution is -1.88. The number of pyridine rings is 1. The molecule has 0 radical (unpaired) electrons. The Morgan fingerprint density at radius 2 is 2.25 bits per heavy atom. The zero-order valence-corrected chi connectivity index (χ0v) is 10.5. The first kappa shape index (κ1) is 12.7. The van der Waals surface area contributed by atoms with Gasteiger partial charge in [-0.1, -0.05) is 36.8 Å². The summed E-state index contributed by atoms with van der Waals surface area (Å²) in [4.78, 5) is 4.09. The van der Waals surface area contributed by atoms with Crippen LogP contribution in [0.1, 0.15) is 39.2 Å². The van der Waals surface area contributed by atoms with Crippen LogP contribution in [0.4, 0.5) is 0 Å². The highest BCUT2D eigenvalue weighted by Gasteiger charge is 1.95. The molecule has 1 heteroatoms. The largest absolute Gasteiger partial charge is 0.264 e. The molecule has 16 heavy (non-hydrogen) atoms. The van der Waals surface area contributed by atoms with E-state index >= 15 is 0 Å². The van der Waals surface area contributed by atoms with Crippen molar-refractivity contribution in [2.75, 3.05) is 0 Å². The van der Waals surface area contributed by atoms with Crippen LogP contribution in [-0.4, -0.2) is 4.98 Å². The van der Waals surface area contributed by atoms with Gasteiger partial charge in [-0.2, -0.15) is 0 Å². The van der Waals surface area contributed by atoms with Crippen molar-refractivity contribution in [2.45, 2.75) is 33.6 Å². The molecule has 0 aromatic carbocycles. The van der Waals surface area contributed by atoms with Gasteiger partial charge in [0.15, 0.2) is 0 Å². The average molecular weight is 215 g/mol. The second-order valence-corrected chi connectivity index (χ2v) is 4.48. The van der Waals surface area contributed by atoms with Gasteiger partial charge in [0.05, 0.1) is 0 Å². The summed E-state index contributed by atoms with van der Waals surface area (Å²) in [5, 5.41) is 0. The highest BCUT2D eigenvalue weighted by atomic mass is 14.6. The maximum Gasteiger partial charge on any atom is 0.0340 e. The summed E-state index contributed by atoms with van der Waals surface area (Å²) < 4.78 is 0. The number of hydrogen-bond acceptors (Lipinski definition) is 1. The average Bonchev–Trinajstić information content (AvgIpc) is 2.27. The van der Waals surface area contributed by atoms with Crippen LogP contribution in [-0.2, 0) is 0 Å². The Balaban J connectivity index is 2.37. The number of hydrogen-bond donors (Lipinski definition) is 0. The van der Waals surface area contributed by atoms with Crippen LogP contribution in [0.25, 0.3) is 6.08 Å². The van der Waals surface area contributed by atoms with E-state index in [0.29, 0.717) is 5.92 Å². The van der Waals surface area contributed by atoms with E-state index in [1.165, 1.54) is 24.0 Å². The molecule has 0 amide bonds. The van der Waals surface area contributed by atoms with E-state index in [2.05, 4.69) is 50.0 Å². The van der Waals surface area contributed by atoms with Gasteiger partial charge in [-0.25, -0.2) is 0 Å². The summed E-state index contributed by atoms with van der Waals surface area (Å²) in [6, 6.07) is 4.04. The molecule has 0 aliphatic carbocycles. The lowest BCUT2D eigenvalue weighted by atomic mass is 10.0. The maximum absolute atomic E-state index is 4.09. The molecule has 0 aliphatic rings. The molecule has 1 unspecified atom stereocenters. The van der Waals surface area contributed by atoms with E-state index < -0.39 is 0 Å². The maximum atomic E-state index is 4.09. The van der Waals surface area contributed by atoms with Gasteiger partial charge in [0.25, 0.3) is 0 Å². The third-order valence-corrected chi connectivity index (χ3v) is 2.48. The molecule has 0 bridgehead atoms. The number of aromatic nitrogens is 1. The Kier molecular flexibility index (Phi) is 5.55. The van der Waals surface area contributed by atoms with Gasteiger partial charge in [-0.3, -0.25) is 4.98 Å². The van der Waals surface area contributed by atoms with E-state index in [4.69, 9.17) is 0 Å². The second kappa shape index (κ2) is 7.00. The summed E-state index contributed by atoms with van der Waals surface area (Å²) in [6.45, 7) is 6.55. The summed E-state index contributed by atoms with van der Waals surface area (Å²) in [6.07, 6.45) is 12.8. The van der Waals surface area contributed by atoms with Gasteiger partial charge in [0.2, 0.25) is 0 Å². The first-order valence-corrected chi connectivity index (χ1v) is 5.90. The minimum absolute atomic E-state index is 0.621. The Labute approximate surface area is 98.9 Å². The van der Waals surface area contributed by atoms with Gasteiger partial charge in [-0.15, -0.1) is 0 Å². The van der Waals surface area contributed by atoms with Gasteiger partial charge in [0.1, 0.15) is 0 Å². The quantitative estimate of drug-likeness (QED) is 0.660. The van der Waals surface area contributed by atoms with Crippen LogP contribution < -0.4 is 0 Å². The third kappa shape index (κ3) is 5.50. The molecule has 1 atom stereocenters. The summed E-state index contributed by atoms with van der Waals surface area (Å²) in [7, 11) is 0. The molecule has 0 saturated carbocycles. The van der Waals surface area contributed by atoms with E-state index in [-0.39, 0.29) is 0 Å². The number of nitrogens with zero attached hydrogens (tertiary/aromatic N) is 1. The molecule has 1 rings (SSSR count). The molecule has 0 saturated heterocycles. The normalized spacial score (nSPS) is 12.7. The predicted octanol–water partition coefficient (Wildman–Crippen LogP) is 4.48. The number of allylic oxidation sites excluding steroid dienone is 3. The molecule has 0 spiro atoms. The highest BCUT2D eigenvalue weighted by Crippen LogP contribution is 2.11. The molecule has 0 fully saturated rings. The third-order valence-electron chi connectivity index (χ3n) is 2.48. The smallest absolute Gasteiger partial charge is 0.0340 e. The topological polar surface area (TPSA) is 12.9 Å². The van der Waals surface area contributed by atoms with E-state index in [9.17, 15) is 0 Å². The Morgan fingerprint density at radius 3 is 2.88 bits per heavy atom. The first-order valence-electron chi connectivity index (χ1n) is 5.90. The highest BCUT2D eigenvalue weighted by molar-refractivity contribution is 5.47. The molecule has 1 heterocycles. The van der Waals surface area contributed by atoms with Gasteiger partial charge >= 0.3 is 0 Å². The fraction of sp³-hybridized carbons (Fsp3) is 0.400. The zero-order chi connectivity index (χ0) is 11.8. The summed E-state index contributed by atoms with van der Waals surface area (Å²) in [5.74, 6) is 0.621. The number of rotatable bonds is 5. The molecule has 0 aliphatic heterocycles. The Morgan fingerprint density at radius 1 is 1.44 bits per heavy atom. The fourth-order valence-corrected chi connectivity index (χ4v) is 1.48. The molecular weight excluding hydrogens is 194 g/mol. The SMILES string of the molecule is CC(C)=CCCC(C)C=Cc1cccnc1. The van der Waals surface area contributed by atoms with Crippen molar-refractivity contribution in [1.29, 1.82) is 0 Å². The van der Waals surface area contributed by atoms with Crippen molar-refractivity contribution in [3.63, 3.8) is 0 Å².